The van der Waals surface area contributed by atoms with Gasteiger partial charge in [-0.05, 0) is 34.7 Å². The van der Waals surface area contributed by atoms with Crippen molar-refractivity contribution in [3.05, 3.63) is 83.9 Å². The molecule has 27 heavy (non-hydrogen) atoms. The van der Waals surface area contributed by atoms with Crippen LogP contribution in [-0.4, -0.2) is 15.5 Å². The standard InChI is InChI=1S/C21H25N5.HI/c1-16(2)19-4-3-5-20(12-19)25-21(22)24-13-17-6-8-18(9-7-17)14-26-11-10-23-15-26;/h3-12,15-16H,13-14H2,1-2H3,(H3,22,24,25);1H. The summed E-state index contributed by atoms with van der Waals surface area (Å²) in [6.07, 6.45) is 5.56. The molecule has 3 rings (SSSR count). The van der Waals surface area contributed by atoms with E-state index in [4.69, 9.17) is 5.73 Å². The third-order valence-electron chi connectivity index (χ3n) is 4.20. The van der Waals surface area contributed by atoms with Crippen molar-refractivity contribution in [2.24, 2.45) is 10.7 Å². The van der Waals surface area contributed by atoms with Gasteiger partial charge >= 0.3 is 0 Å². The van der Waals surface area contributed by atoms with Crippen LogP contribution in [0.2, 0.25) is 0 Å². The quantitative estimate of drug-likeness (QED) is 0.311. The molecule has 142 valence electrons. The fraction of sp³-hybridized carbons (Fsp3) is 0.238. The van der Waals surface area contributed by atoms with Gasteiger partial charge in [0, 0.05) is 24.6 Å². The van der Waals surface area contributed by atoms with Gasteiger partial charge < -0.3 is 15.6 Å². The van der Waals surface area contributed by atoms with Crippen LogP contribution >= 0.6 is 24.0 Å². The molecule has 0 amide bonds. The summed E-state index contributed by atoms with van der Waals surface area (Å²) in [6.45, 7) is 5.72. The zero-order valence-electron chi connectivity index (χ0n) is 15.7. The maximum absolute atomic E-state index is 6.03. The SMILES string of the molecule is CC(C)c1cccc(NC(N)=NCc2ccc(Cn3ccnc3)cc2)c1.I. The lowest BCUT2D eigenvalue weighted by Gasteiger charge is -2.10. The van der Waals surface area contributed by atoms with Gasteiger partial charge in [0.05, 0.1) is 12.9 Å². The number of guanidine groups is 1. The van der Waals surface area contributed by atoms with Crippen LogP contribution in [0.3, 0.4) is 0 Å². The molecule has 1 heterocycles. The molecule has 0 saturated heterocycles. The van der Waals surface area contributed by atoms with Crippen molar-refractivity contribution in [3.8, 4) is 0 Å². The number of nitrogens with zero attached hydrogens (tertiary/aromatic N) is 3. The number of imidazole rings is 1. The summed E-state index contributed by atoms with van der Waals surface area (Å²) in [4.78, 5) is 8.50. The molecule has 0 atom stereocenters. The lowest BCUT2D eigenvalue weighted by molar-refractivity contribution is 0.796. The van der Waals surface area contributed by atoms with Crippen molar-refractivity contribution in [3.63, 3.8) is 0 Å². The van der Waals surface area contributed by atoms with Crippen LogP contribution in [0, 0.1) is 0 Å². The Labute approximate surface area is 177 Å². The van der Waals surface area contributed by atoms with Gasteiger partial charge in [0.1, 0.15) is 0 Å². The Hall–Kier alpha value is -2.35. The molecule has 0 aliphatic heterocycles. The minimum absolute atomic E-state index is 0. The fourth-order valence-corrected chi connectivity index (χ4v) is 2.68. The van der Waals surface area contributed by atoms with E-state index in [0.717, 1.165) is 17.8 Å². The largest absolute Gasteiger partial charge is 0.370 e. The zero-order chi connectivity index (χ0) is 18.4. The molecular formula is C21H26IN5. The predicted molar refractivity (Wildman–Crippen MR) is 123 cm³/mol. The molecule has 1 aromatic heterocycles. The Morgan fingerprint density at radius 3 is 2.56 bits per heavy atom. The van der Waals surface area contributed by atoms with E-state index in [0.29, 0.717) is 18.4 Å². The average molecular weight is 475 g/mol. The van der Waals surface area contributed by atoms with E-state index < -0.39 is 0 Å². The Bertz CT molecular complexity index is 855. The summed E-state index contributed by atoms with van der Waals surface area (Å²) in [5, 5.41) is 3.17. The van der Waals surface area contributed by atoms with Crippen molar-refractivity contribution in [1.82, 2.24) is 9.55 Å². The van der Waals surface area contributed by atoms with Crippen LogP contribution in [-0.2, 0) is 13.1 Å². The highest BCUT2D eigenvalue weighted by molar-refractivity contribution is 14.0. The second-order valence-electron chi connectivity index (χ2n) is 6.66. The Morgan fingerprint density at radius 1 is 1.15 bits per heavy atom. The lowest BCUT2D eigenvalue weighted by atomic mass is 10.0. The number of rotatable bonds is 6. The molecule has 3 N–H and O–H groups in total. The first-order valence-electron chi connectivity index (χ1n) is 8.80. The van der Waals surface area contributed by atoms with Crippen LogP contribution < -0.4 is 11.1 Å². The molecule has 0 aliphatic carbocycles. The summed E-state index contributed by atoms with van der Waals surface area (Å²) >= 11 is 0. The molecule has 6 heteroatoms. The van der Waals surface area contributed by atoms with E-state index in [1.54, 1.807) is 6.20 Å². The van der Waals surface area contributed by atoms with Crippen molar-refractivity contribution >= 4 is 35.6 Å². The van der Waals surface area contributed by atoms with Crippen molar-refractivity contribution in [2.75, 3.05) is 5.32 Å². The summed E-state index contributed by atoms with van der Waals surface area (Å²) < 4.78 is 2.04. The van der Waals surface area contributed by atoms with E-state index in [1.807, 2.05) is 29.2 Å². The predicted octanol–water partition coefficient (Wildman–Crippen LogP) is 4.60. The maximum atomic E-state index is 6.03. The van der Waals surface area contributed by atoms with Crippen molar-refractivity contribution < 1.29 is 0 Å². The normalized spacial score (nSPS) is 11.3. The molecule has 0 saturated carbocycles. The fourth-order valence-electron chi connectivity index (χ4n) is 2.68. The second kappa shape index (κ2) is 10.1. The molecule has 0 bridgehead atoms. The van der Waals surface area contributed by atoms with E-state index in [1.165, 1.54) is 11.1 Å². The number of anilines is 1. The molecule has 0 aliphatic rings. The third kappa shape index (κ3) is 6.39. The third-order valence-corrected chi connectivity index (χ3v) is 4.20. The van der Waals surface area contributed by atoms with Gasteiger partial charge in [-0.2, -0.15) is 0 Å². The van der Waals surface area contributed by atoms with Gasteiger partial charge in [-0.15, -0.1) is 24.0 Å². The van der Waals surface area contributed by atoms with Crippen LogP contribution in [0.25, 0.3) is 0 Å². The van der Waals surface area contributed by atoms with Gasteiger partial charge in [-0.3, -0.25) is 0 Å². The summed E-state index contributed by atoms with van der Waals surface area (Å²) in [5.41, 5.74) is 10.6. The Morgan fingerprint density at radius 2 is 1.89 bits per heavy atom. The van der Waals surface area contributed by atoms with E-state index in [2.05, 4.69) is 65.5 Å². The average Bonchev–Trinajstić information content (AvgIpc) is 3.14. The van der Waals surface area contributed by atoms with Crippen LogP contribution in [0.1, 0.15) is 36.5 Å². The molecule has 2 aromatic carbocycles. The number of nitrogens with two attached hydrogens (primary N) is 1. The van der Waals surface area contributed by atoms with Crippen LogP contribution in [0.5, 0.6) is 0 Å². The number of halogens is 1. The van der Waals surface area contributed by atoms with Crippen molar-refractivity contribution in [1.29, 1.82) is 0 Å². The first-order valence-corrected chi connectivity index (χ1v) is 8.80. The Balaban J connectivity index is 0.00000261. The minimum atomic E-state index is 0. The van der Waals surface area contributed by atoms with Gasteiger partial charge in [0.25, 0.3) is 0 Å². The first kappa shape index (κ1) is 21.0. The number of aromatic nitrogens is 2. The minimum Gasteiger partial charge on any atom is -0.370 e. The molecule has 0 fully saturated rings. The maximum Gasteiger partial charge on any atom is 0.193 e. The molecule has 0 spiro atoms. The smallest absolute Gasteiger partial charge is 0.193 e. The summed E-state index contributed by atoms with van der Waals surface area (Å²) in [5.74, 6) is 0.907. The molecule has 3 aromatic rings. The molecule has 0 radical (unpaired) electrons. The second-order valence-corrected chi connectivity index (χ2v) is 6.66. The number of hydrogen-bond donors (Lipinski definition) is 2. The first-order chi connectivity index (χ1) is 12.6. The molecule has 0 unspecified atom stereocenters. The van der Waals surface area contributed by atoms with Gasteiger partial charge in [-0.25, -0.2) is 9.98 Å². The van der Waals surface area contributed by atoms with Gasteiger partial charge in [-0.1, -0.05) is 50.2 Å². The highest BCUT2D eigenvalue weighted by atomic mass is 127. The monoisotopic (exact) mass is 475 g/mol. The van der Waals surface area contributed by atoms with Crippen LogP contribution in [0.15, 0.2) is 72.2 Å². The van der Waals surface area contributed by atoms with E-state index in [9.17, 15) is 0 Å². The number of aliphatic imine (C=N–C) groups is 1. The number of hydrogen-bond acceptors (Lipinski definition) is 2. The van der Waals surface area contributed by atoms with E-state index in [-0.39, 0.29) is 24.0 Å². The zero-order valence-corrected chi connectivity index (χ0v) is 18.0. The highest BCUT2D eigenvalue weighted by Gasteiger charge is 2.01. The van der Waals surface area contributed by atoms with Crippen molar-refractivity contribution in [2.45, 2.75) is 32.9 Å². The number of benzene rings is 2. The Kier molecular flexibility index (Phi) is 7.84. The molecular weight excluding hydrogens is 449 g/mol. The summed E-state index contributed by atoms with van der Waals surface area (Å²) in [7, 11) is 0. The molecule has 5 nitrogen and oxygen atoms in total. The van der Waals surface area contributed by atoms with Gasteiger partial charge in [0.2, 0.25) is 0 Å². The topological polar surface area (TPSA) is 68.2 Å². The van der Waals surface area contributed by atoms with Gasteiger partial charge in [0.15, 0.2) is 5.96 Å². The van der Waals surface area contributed by atoms with E-state index >= 15 is 0 Å². The summed E-state index contributed by atoms with van der Waals surface area (Å²) in [6, 6.07) is 16.7. The highest BCUT2D eigenvalue weighted by Crippen LogP contribution is 2.18. The lowest BCUT2D eigenvalue weighted by Crippen LogP contribution is -2.22. The number of nitrogens with one attached hydrogen (secondary N) is 1. The van der Waals surface area contributed by atoms with Crippen LogP contribution in [0.4, 0.5) is 5.69 Å².